The second-order valence-corrected chi connectivity index (χ2v) is 8.74. The van der Waals surface area contributed by atoms with Gasteiger partial charge in [-0.2, -0.15) is 0 Å². The zero-order chi connectivity index (χ0) is 20.6. The number of benzene rings is 1. The molecule has 6 nitrogen and oxygen atoms in total. The van der Waals surface area contributed by atoms with Crippen LogP contribution in [0.4, 0.5) is 0 Å². The van der Waals surface area contributed by atoms with E-state index in [0.717, 1.165) is 56.1 Å². The van der Waals surface area contributed by atoms with Gasteiger partial charge >= 0.3 is 0 Å². The largest absolute Gasteiger partial charge is 0.379 e. The number of thiazole rings is 1. The van der Waals surface area contributed by atoms with E-state index in [1.165, 1.54) is 10.4 Å². The van der Waals surface area contributed by atoms with E-state index in [2.05, 4.69) is 65.6 Å². The minimum Gasteiger partial charge on any atom is -0.379 e. The molecule has 2 aromatic rings. The molecule has 1 aromatic heterocycles. The SMILES string of the molecule is CN=C(NCc1sc(-c2ccccc2)nc1C)NCC(C(C)C)N1CCOCC1.I. The van der Waals surface area contributed by atoms with Gasteiger partial charge in [-0.05, 0) is 12.8 Å². The number of morpholine rings is 1. The molecule has 0 bridgehead atoms. The lowest BCUT2D eigenvalue weighted by Crippen LogP contribution is -2.52. The van der Waals surface area contributed by atoms with Gasteiger partial charge in [0.05, 0.1) is 25.5 Å². The first-order valence-electron chi connectivity index (χ1n) is 10.4. The quantitative estimate of drug-likeness (QED) is 0.317. The molecule has 0 saturated carbocycles. The Kier molecular flexibility index (Phi) is 10.5. The maximum Gasteiger partial charge on any atom is 0.191 e. The van der Waals surface area contributed by atoms with E-state index in [-0.39, 0.29) is 24.0 Å². The van der Waals surface area contributed by atoms with Crippen LogP contribution < -0.4 is 10.6 Å². The predicted octanol–water partition coefficient (Wildman–Crippen LogP) is 3.76. The third kappa shape index (κ3) is 6.90. The minimum absolute atomic E-state index is 0. The number of nitrogens with one attached hydrogen (secondary N) is 2. The number of aryl methyl sites for hydroxylation is 1. The molecule has 1 aromatic carbocycles. The summed E-state index contributed by atoms with van der Waals surface area (Å²) in [6.07, 6.45) is 0. The topological polar surface area (TPSA) is 61.8 Å². The molecule has 3 rings (SSSR count). The summed E-state index contributed by atoms with van der Waals surface area (Å²) in [5.41, 5.74) is 2.24. The van der Waals surface area contributed by atoms with E-state index in [1.807, 2.05) is 13.1 Å². The Labute approximate surface area is 201 Å². The highest BCUT2D eigenvalue weighted by Gasteiger charge is 2.24. The Morgan fingerprint density at radius 3 is 2.53 bits per heavy atom. The molecule has 0 amide bonds. The Morgan fingerprint density at radius 1 is 1.20 bits per heavy atom. The van der Waals surface area contributed by atoms with Crippen LogP contribution in [0.2, 0.25) is 0 Å². The number of guanidine groups is 1. The van der Waals surface area contributed by atoms with Crippen molar-refractivity contribution in [2.24, 2.45) is 10.9 Å². The summed E-state index contributed by atoms with van der Waals surface area (Å²) in [6.45, 7) is 11.9. The molecule has 1 aliphatic rings. The molecule has 0 aliphatic carbocycles. The maximum absolute atomic E-state index is 5.51. The third-order valence-corrected chi connectivity index (χ3v) is 6.52. The Hall–Kier alpha value is -1.23. The number of rotatable bonds is 7. The highest BCUT2D eigenvalue weighted by molar-refractivity contribution is 14.0. The van der Waals surface area contributed by atoms with Crippen molar-refractivity contribution in [3.8, 4) is 10.6 Å². The van der Waals surface area contributed by atoms with Crippen LogP contribution in [0.3, 0.4) is 0 Å². The van der Waals surface area contributed by atoms with E-state index in [9.17, 15) is 0 Å². The van der Waals surface area contributed by atoms with Gasteiger partial charge in [-0.1, -0.05) is 44.2 Å². The number of halogens is 1. The first-order valence-corrected chi connectivity index (χ1v) is 11.2. The van der Waals surface area contributed by atoms with Crippen LogP contribution in [0.1, 0.15) is 24.4 Å². The van der Waals surface area contributed by atoms with Crippen molar-refractivity contribution in [3.63, 3.8) is 0 Å². The highest BCUT2D eigenvalue weighted by Crippen LogP contribution is 2.27. The van der Waals surface area contributed by atoms with Crippen LogP contribution >= 0.6 is 35.3 Å². The molecule has 166 valence electrons. The molecule has 1 fully saturated rings. The van der Waals surface area contributed by atoms with Crippen molar-refractivity contribution in [1.82, 2.24) is 20.5 Å². The van der Waals surface area contributed by atoms with Crippen LogP contribution in [-0.4, -0.2) is 61.8 Å². The monoisotopic (exact) mass is 543 g/mol. The van der Waals surface area contributed by atoms with Crippen molar-refractivity contribution >= 4 is 41.3 Å². The summed E-state index contributed by atoms with van der Waals surface area (Å²) in [5.74, 6) is 1.40. The third-order valence-electron chi connectivity index (χ3n) is 5.32. The fourth-order valence-corrected chi connectivity index (χ4v) is 4.59. The zero-order valence-corrected chi connectivity index (χ0v) is 21.5. The van der Waals surface area contributed by atoms with Gasteiger partial charge in [0.2, 0.25) is 0 Å². The fraction of sp³-hybridized carbons (Fsp3) is 0.545. The number of aromatic nitrogens is 1. The number of hydrogen-bond donors (Lipinski definition) is 2. The van der Waals surface area contributed by atoms with Crippen molar-refractivity contribution in [2.75, 3.05) is 39.9 Å². The first-order chi connectivity index (χ1) is 14.1. The van der Waals surface area contributed by atoms with E-state index >= 15 is 0 Å². The Balaban J connectivity index is 0.00000320. The van der Waals surface area contributed by atoms with Crippen molar-refractivity contribution in [2.45, 2.75) is 33.4 Å². The summed E-state index contributed by atoms with van der Waals surface area (Å²) in [5, 5.41) is 8.04. The lowest BCUT2D eigenvalue weighted by molar-refractivity contribution is 0.00752. The molecule has 1 aliphatic heterocycles. The number of nitrogens with zero attached hydrogens (tertiary/aromatic N) is 3. The van der Waals surface area contributed by atoms with Crippen LogP contribution in [0.5, 0.6) is 0 Å². The molecule has 2 N–H and O–H groups in total. The van der Waals surface area contributed by atoms with Crippen LogP contribution in [-0.2, 0) is 11.3 Å². The summed E-state index contributed by atoms with van der Waals surface area (Å²) in [4.78, 5) is 12.9. The van der Waals surface area contributed by atoms with E-state index in [1.54, 1.807) is 11.3 Å². The molecule has 30 heavy (non-hydrogen) atoms. The summed E-state index contributed by atoms with van der Waals surface area (Å²) in [6, 6.07) is 10.8. The first kappa shape index (κ1) is 25.0. The van der Waals surface area contributed by atoms with Gasteiger partial charge in [0.1, 0.15) is 5.01 Å². The van der Waals surface area contributed by atoms with Crippen LogP contribution in [0, 0.1) is 12.8 Å². The minimum atomic E-state index is 0. The number of aliphatic imine (C=N–C) groups is 1. The second kappa shape index (κ2) is 12.6. The van der Waals surface area contributed by atoms with Crippen LogP contribution in [0.25, 0.3) is 10.6 Å². The number of hydrogen-bond acceptors (Lipinski definition) is 5. The molecular formula is C22H34IN5OS. The number of ether oxygens (including phenoxy) is 1. The van der Waals surface area contributed by atoms with Crippen molar-refractivity contribution in [1.29, 1.82) is 0 Å². The van der Waals surface area contributed by atoms with Gasteiger partial charge in [-0.15, -0.1) is 35.3 Å². The van der Waals surface area contributed by atoms with E-state index < -0.39 is 0 Å². The molecule has 1 saturated heterocycles. The normalized spacial score (nSPS) is 16.2. The van der Waals surface area contributed by atoms with Crippen LogP contribution in [0.15, 0.2) is 35.3 Å². The molecule has 0 spiro atoms. The van der Waals surface area contributed by atoms with Gasteiger partial charge in [0.15, 0.2) is 5.96 Å². The van der Waals surface area contributed by atoms with Gasteiger partial charge in [-0.25, -0.2) is 4.98 Å². The summed E-state index contributed by atoms with van der Waals surface area (Å²) < 4.78 is 5.51. The lowest BCUT2D eigenvalue weighted by atomic mass is 10.0. The lowest BCUT2D eigenvalue weighted by Gasteiger charge is -2.37. The standard InChI is InChI=1S/C22H33N5OS.HI/c1-16(2)19(27-10-12-28-13-11-27)14-24-22(23-4)25-15-20-17(3)26-21(29-20)18-8-6-5-7-9-18;/h5-9,16,19H,10-15H2,1-4H3,(H2,23,24,25);1H. The van der Waals surface area contributed by atoms with Gasteiger partial charge in [-0.3, -0.25) is 9.89 Å². The molecule has 1 atom stereocenters. The van der Waals surface area contributed by atoms with Crippen molar-refractivity contribution in [3.05, 3.63) is 40.9 Å². The smallest absolute Gasteiger partial charge is 0.191 e. The predicted molar refractivity (Wildman–Crippen MR) is 137 cm³/mol. The van der Waals surface area contributed by atoms with Gasteiger partial charge < -0.3 is 15.4 Å². The fourth-order valence-electron chi connectivity index (χ4n) is 3.58. The molecule has 0 radical (unpaired) electrons. The molecule has 8 heteroatoms. The summed E-state index contributed by atoms with van der Waals surface area (Å²) >= 11 is 1.74. The van der Waals surface area contributed by atoms with Gasteiger partial charge in [0, 0.05) is 43.2 Å². The van der Waals surface area contributed by atoms with Gasteiger partial charge in [0.25, 0.3) is 0 Å². The summed E-state index contributed by atoms with van der Waals surface area (Å²) in [7, 11) is 1.82. The average Bonchev–Trinajstić information content (AvgIpc) is 3.12. The molecule has 1 unspecified atom stereocenters. The molecule has 2 heterocycles. The highest BCUT2D eigenvalue weighted by atomic mass is 127. The Morgan fingerprint density at radius 2 is 1.90 bits per heavy atom. The second-order valence-electron chi connectivity index (χ2n) is 7.66. The maximum atomic E-state index is 5.51. The average molecular weight is 544 g/mol. The molecular weight excluding hydrogens is 509 g/mol. The van der Waals surface area contributed by atoms with E-state index in [4.69, 9.17) is 9.72 Å². The Bertz CT molecular complexity index is 790. The van der Waals surface area contributed by atoms with Crippen molar-refractivity contribution < 1.29 is 4.74 Å². The van der Waals surface area contributed by atoms with E-state index in [0.29, 0.717) is 12.0 Å². The zero-order valence-electron chi connectivity index (χ0n) is 18.4.